The number of benzene rings is 2. The second-order valence-electron chi connectivity index (χ2n) is 7.21. The van der Waals surface area contributed by atoms with Crippen LogP contribution in [0.4, 0.5) is 5.69 Å². The Balaban J connectivity index is 1.59. The Morgan fingerprint density at radius 2 is 1.52 bits per heavy atom. The molecule has 5 heteroatoms. The molecular weight excluding hydrogens is 338 g/mol. The number of methoxy groups -OCH3 is 2. The Morgan fingerprint density at radius 3 is 2.07 bits per heavy atom. The van der Waals surface area contributed by atoms with Crippen LogP contribution in [0.25, 0.3) is 0 Å². The standard InChI is InChI=1S/C22H31N3O2/c1-17(23-16-18-13-21(26-3)15-22(14-18)27-4)19-5-7-20(8-6-19)25-11-9-24(2)10-12-25/h5-8,13-15,17,23H,9-12,16H2,1-4H3. The van der Waals surface area contributed by atoms with Gasteiger partial charge in [0.05, 0.1) is 14.2 Å². The highest BCUT2D eigenvalue weighted by Crippen LogP contribution is 2.24. The molecule has 146 valence electrons. The highest BCUT2D eigenvalue weighted by molar-refractivity contribution is 5.48. The van der Waals surface area contributed by atoms with Crippen LogP contribution in [0.3, 0.4) is 0 Å². The molecule has 3 rings (SSSR count). The highest BCUT2D eigenvalue weighted by Gasteiger charge is 2.14. The van der Waals surface area contributed by atoms with Crippen molar-refractivity contribution in [2.24, 2.45) is 0 Å². The number of ether oxygens (including phenoxy) is 2. The number of rotatable bonds is 7. The molecule has 1 aliphatic heterocycles. The molecule has 1 fully saturated rings. The van der Waals surface area contributed by atoms with E-state index < -0.39 is 0 Å². The van der Waals surface area contributed by atoms with Crippen LogP contribution >= 0.6 is 0 Å². The van der Waals surface area contributed by atoms with Gasteiger partial charge in [-0.15, -0.1) is 0 Å². The molecule has 1 saturated heterocycles. The van der Waals surface area contributed by atoms with E-state index in [0.29, 0.717) is 0 Å². The van der Waals surface area contributed by atoms with Crippen molar-refractivity contribution < 1.29 is 9.47 Å². The van der Waals surface area contributed by atoms with E-state index in [9.17, 15) is 0 Å². The van der Waals surface area contributed by atoms with Crippen LogP contribution in [0.5, 0.6) is 11.5 Å². The molecule has 1 unspecified atom stereocenters. The molecule has 0 bridgehead atoms. The zero-order valence-electron chi connectivity index (χ0n) is 16.9. The summed E-state index contributed by atoms with van der Waals surface area (Å²) in [6.45, 7) is 7.41. The van der Waals surface area contributed by atoms with Gasteiger partial charge in [-0.25, -0.2) is 0 Å². The summed E-state index contributed by atoms with van der Waals surface area (Å²) in [4.78, 5) is 4.84. The second-order valence-corrected chi connectivity index (χ2v) is 7.21. The zero-order valence-corrected chi connectivity index (χ0v) is 16.9. The van der Waals surface area contributed by atoms with Crippen LogP contribution in [0.15, 0.2) is 42.5 Å². The molecule has 1 N–H and O–H groups in total. The summed E-state index contributed by atoms with van der Waals surface area (Å²) in [5, 5.41) is 3.59. The molecule has 27 heavy (non-hydrogen) atoms. The normalized spacial score (nSPS) is 16.2. The number of piperazine rings is 1. The Morgan fingerprint density at radius 1 is 0.926 bits per heavy atom. The molecule has 0 spiro atoms. The van der Waals surface area contributed by atoms with Crippen molar-refractivity contribution in [2.75, 3.05) is 52.3 Å². The van der Waals surface area contributed by atoms with Gasteiger partial charge in [0.15, 0.2) is 0 Å². The minimum Gasteiger partial charge on any atom is -0.497 e. The largest absolute Gasteiger partial charge is 0.497 e. The maximum atomic E-state index is 5.35. The number of nitrogens with one attached hydrogen (secondary N) is 1. The van der Waals surface area contributed by atoms with Gasteiger partial charge in [-0.05, 0) is 49.4 Å². The van der Waals surface area contributed by atoms with Crippen LogP contribution in [-0.2, 0) is 6.54 Å². The monoisotopic (exact) mass is 369 g/mol. The Kier molecular flexibility index (Phi) is 6.58. The summed E-state index contributed by atoms with van der Waals surface area (Å²) in [6, 6.07) is 15.2. The zero-order chi connectivity index (χ0) is 19.2. The first-order chi connectivity index (χ1) is 13.1. The maximum absolute atomic E-state index is 5.35. The Labute approximate surface area is 162 Å². The molecule has 1 atom stereocenters. The fourth-order valence-electron chi connectivity index (χ4n) is 3.40. The Bertz CT molecular complexity index is 703. The minimum atomic E-state index is 0.267. The molecule has 2 aromatic carbocycles. The number of hydrogen-bond donors (Lipinski definition) is 1. The molecule has 0 aromatic heterocycles. The third kappa shape index (κ3) is 5.15. The minimum absolute atomic E-state index is 0.267. The first-order valence-corrected chi connectivity index (χ1v) is 9.58. The quantitative estimate of drug-likeness (QED) is 0.810. The number of likely N-dealkylation sites (N-methyl/N-ethyl adjacent to an activating group) is 1. The van der Waals surface area contributed by atoms with E-state index in [-0.39, 0.29) is 6.04 Å². The molecule has 0 aliphatic carbocycles. The van der Waals surface area contributed by atoms with Crippen molar-refractivity contribution in [3.8, 4) is 11.5 Å². The van der Waals surface area contributed by atoms with Gasteiger partial charge in [0.2, 0.25) is 0 Å². The smallest absolute Gasteiger partial charge is 0.122 e. The van der Waals surface area contributed by atoms with Crippen LogP contribution < -0.4 is 19.7 Å². The number of anilines is 1. The average molecular weight is 370 g/mol. The van der Waals surface area contributed by atoms with Crippen LogP contribution in [0, 0.1) is 0 Å². The molecule has 1 heterocycles. The van der Waals surface area contributed by atoms with Crippen molar-refractivity contribution in [3.63, 3.8) is 0 Å². The second kappa shape index (κ2) is 9.11. The summed E-state index contributed by atoms with van der Waals surface area (Å²) in [6.07, 6.45) is 0. The highest BCUT2D eigenvalue weighted by atomic mass is 16.5. The van der Waals surface area contributed by atoms with E-state index in [2.05, 4.69) is 53.4 Å². The topological polar surface area (TPSA) is 37.0 Å². The van der Waals surface area contributed by atoms with Crippen molar-refractivity contribution in [2.45, 2.75) is 19.5 Å². The van der Waals surface area contributed by atoms with Crippen molar-refractivity contribution in [1.29, 1.82) is 0 Å². The maximum Gasteiger partial charge on any atom is 0.122 e. The van der Waals surface area contributed by atoms with Crippen LogP contribution in [-0.4, -0.2) is 52.3 Å². The van der Waals surface area contributed by atoms with E-state index in [1.807, 2.05) is 18.2 Å². The fourth-order valence-corrected chi connectivity index (χ4v) is 3.40. The van der Waals surface area contributed by atoms with Gasteiger partial charge >= 0.3 is 0 Å². The van der Waals surface area contributed by atoms with E-state index in [4.69, 9.17) is 9.47 Å². The summed E-state index contributed by atoms with van der Waals surface area (Å²) in [5.41, 5.74) is 3.76. The third-order valence-electron chi connectivity index (χ3n) is 5.29. The SMILES string of the molecule is COc1cc(CNC(C)c2ccc(N3CCN(C)CC3)cc2)cc(OC)c1. The van der Waals surface area contributed by atoms with Gasteiger partial charge in [-0.1, -0.05) is 12.1 Å². The van der Waals surface area contributed by atoms with Gasteiger partial charge in [-0.2, -0.15) is 0 Å². The third-order valence-corrected chi connectivity index (χ3v) is 5.29. The summed E-state index contributed by atoms with van der Waals surface area (Å²) in [7, 11) is 5.54. The summed E-state index contributed by atoms with van der Waals surface area (Å²) in [5.74, 6) is 1.63. The summed E-state index contributed by atoms with van der Waals surface area (Å²) >= 11 is 0. The first kappa shape index (κ1) is 19.5. The molecule has 2 aromatic rings. The van der Waals surface area contributed by atoms with Crippen LogP contribution in [0.2, 0.25) is 0 Å². The van der Waals surface area contributed by atoms with Gasteiger partial charge in [0.25, 0.3) is 0 Å². The van der Waals surface area contributed by atoms with E-state index in [0.717, 1.165) is 49.8 Å². The molecule has 5 nitrogen and oxygen atoms in total. The summed E-state index contributed by atoms with van der Waals surface area (Å²) < 4.78 is 10.7. The predicted molar refractivity (Wildman–Crippen MR) is 111 cm³/mol. The van der Waals surface area contributed by atoms with E-state index in [1.54, 1.807) is 14.2 Å². The fraction of sp³-hybridized carbons (Fsp3) is 0.455. The lowest BCUT2D eigenvalue weighted by molar-refractivity contribution is 0.313. The lowest BCUT2D eigenvalue weighted by atomic mass is 10.1. The van der Waals surface area contributed by atoms with E-state index in [1.165, 1.54) is 11.3 Å². The van der Waals surface area contributed by atoms with Gasteiger partial charge in [-0.3, -0.25) is 0 Å². The molecule has 0 amide bonds. The first-order valence-electron chi connectivity index (χ1n) is 9.58. The van der Waals surface area contributed by atoms with Crippen LogP contribution in [0.1, 0.15) is 24.1 Å². The van der Waals surface area contributed by atoms with E-state index >= 15 is 0 Å². The molecule has 0 saturated carbocycles. The van der Waals surface area contributed by atoms with Crippen molar-refractivity contribution >= 4 is 5.69 Å². The van der Waals surface area contributed by atoms with Gasteiger partial charge in [0, 0.05) is 50.5 Å². The van der Waals surface area contributed by atoms with Gasteiger partial charge < -0.3 is 24.6 Å². The number of nitrogens with zero attached hydrogens (tertiary/aromatic N) is 2. The van der Waals surface area contributed by atoms with Crippen molar-refractivity contribution in [1.82, 2.24) is 10.2 Å². The predicted octanol–water partition coefficient (Wildman–Crippen LogP) is 3.31. The van der Waals surface area contributed by atoms with Gasteiger partial charge in [0.1, 0.15) is 11.5 Å². The van der Waals surface area contributed by atoms with Crippen molar-refractivity contribution in [3.05, 3.63) is 53.6 Å². The number of hydrogen-bond acceptors (Lipinski definition) is 5. The molecule has 0 radical (unpaired) electrons. The molecular formula is C22H31N3O2. The molecule has 1 aliphatic rings. The lowest BCUT2D eigenvalue weighted by Crippen LogP contribution is -2.44. The Hall–Kier alpha value is -2.24. The lowest BCUT2D eigenvalue weighted by Gasteiger charge is -2.34. The average Bonchev–Trinajstić information content (AvgIpc) is 2.72.